The lowest BCUT2D eigenvalue weighted by atomic mass is 10.1. The summed E-state index contributed by atoms with van der Waals surface area (Å²) in [5.41, 5.74) is 1.02. The molecular formula is C15H27N5O. The molecule has 1 atom stereocenters. The lowest BCUT2D eigenvalue weighted by molar-refractivity contribution is 0.105. The van der Waals surface area contributed by atoms with Crippen LogP contribution in [0.1, 0.15) is 37.8 Å². The van der Waals surface area contributed by atoms with E-state index in [1.54, 1.807) is 0 Å². The fourth-order valence-corrected chi connectivity index (χ4v) is 2.89. The zero-order chi connectivity index (χ0) is 14.5. The van der Waals surface area contributed by atoms with Crippen molar-refractivity contribution in [1.82, 2.24) is 25.2 Å². The number of ether oxygens (including phenoxy) is 1. The van der Waals surface area contributed by atoms with Gasteiger partial charge in [0.05, 0.1) is 18.8 Å². The Kier molecular flexibility index (Phi) is 5.22. The van der Waals surface area contributed by atoms with Gasteiger partial charge in [0.2, 0.25) is 0 Å². The van der Waals surface area contributed by atoms with Crippen molar-refractivity contribution in [3.8, 4) is 0 Å². The monoisotopic (exact) mass is 293 g/mol. The molecule has 1 N–H and O–H groups in total. The highest BCUT2D eigenvalue weighted by atomic mass is 16.5. The van der Waals surface area contributed by atoms with Crippen molar-refractivity contribution < 1.29 is 4.74 Å². The fraction of sp³-hybridized carbons (Fsp3) is 0.867. The van der Waals surface area contributed by atoms with E-state index in [9.17, 15) is 0 Å². The maximum atomic E-state index is 5.73. The third-order valence-corrected chi connectivity index (χ3v) is 4.47. The van der Waals surface area contributed by atoms with E-state index in [2.05, 4.69) is 27.6 Å². The molecule has 1 saturated heterocycles. The summed E-state index contributed by atoms with van der Waals surface area (Å²) in [5.74, 6) is 0. The lowest BCUT2D eigenvalue weighted by Crippen LogP contribution is -2.26. The third kappa shape index (κ3) is 4.76. The van der Waals surface area contributed by atoms with Crippen molar-refractivity contribution in [3.05, 3.63) is 11.9 Å². The van der Waals surface area contributed by atoms with Crippen LogP contribution in [0.3, 0.4) is 0 Å². The average molecular weight is 293 g/mol. The maximum absolute atomic E-state index is 5.73. The minimum Gasteiger partial charge on any atom is -0.379 e. The van der Waals surface area contributed by atoms with Gasteiger partial charge in [0, 0.05) is 31.4 Å². The number of rotatable bonds is 9. The maximum Gasteiger partial charge on any atom is 0.0964 e. The van der Waals surface area contributed by atoms with Gasteiger partial charge in [-0.3, -0.25) is 0 Å². The van der Waals surface area contributed by atoms with Crippen LogP contribution in [0.25, 0.3) is 0 Å². The predicted octanol–water partition coefficient (Wildman–Crippen LogP) is 1.03. The van der Waals surface area contributed by atoms with Crippen molar-refractivity contribution >= 4 is 0 Å². The van der Waals surface area contributed by atoms with Gasteiger partial charge in [-0.1, -0.05) is 5.21 Å². The Labute approximate surface area is 126 Å². The smallest absolute Gasteiger partial charge is 0.0964 e. The quantitative estimate of drug-likeness (QED) is 0.689. The number of nitrogens with one attached hydrogen (secondary N) is 1. The zero-order valence-corrected chi connectivity index (χ0v) is 13.0. The molecule has 3 rings (SSSR count). The average Bonchev–Trinajstić information content (AvgIpc) is 3.06. The van der Waals surface area contributed by atoms with E-state index in [1.807, 2.05) is 10.9 Å². The van der Waals surface area contributed by atoms with Crippen molar-refractivity contribution in [2.24, 2.45) is 0 Å². The van der Waals surface area contributed by atoms with Crippen LogP contribution in [0.4, 0.5) is 0 Å². The standard InChI is InChI=1S/C15H27N5O/c1-19-7-2-3-15(19)6-9-21-10-8-20-12-14(17-18-20)11-16-13-4-5-13/h12-13,15-16H,2-11H2,1H3. The molecule has 0 spiro atoms. The molecular weight excluding hydrogens is 266 g/mol. The van der Waals surface area contributed by atoms with E-state index in [0.717, 1.165) is 44.5 Å². The first-order chi connectivity index (χ1) is 10.3. The third-order valence-electron chi connectivity index (χ3n) is 4.47. The van der Waals surface area contributed by atoms with Crippen LogP contribution in [0.2, 0.25) is 0 Å². The highest BCUT2D eigenvalue weighted by Crippen LogP contribution is 2.19. The Morgan fingerprint density at radius 2 is 2.24 bits per heavy atom. The first kappa shape index (κ1) is 14.9. The van der Waals surface area contributed by atoms with Gasteiger partial charge in [0.25, 0.3) is 0 Å². The summed E-state index contributed by atoms with van der Waals surface area (Å²) < 4.78 is 7.61. The number of hydrogen-bond donors (Lipinski definition) is 1. The topological polar surface area (TPSA) is 55.2 Å². The summed E-state index contributed by atoms with van der Waals surface area (Å²) in [7, 11) is 2.21. The first-order valence-corrected chi connectivity index (χ1v) is 8.21. The summed E-state index contributed by atoms with van der Waals surface area (Å²) >= 11 is 0. The normalized spacial score (nSPS) is 23.0. The van der Waals surface area contributed by atoms with Crippen LogP contribution < -0.4 is 5.32 Å². The molecule has 1 aromatic heterocycles. The second kappa shape index (κ2) is 7.33. The molecule has 0 amide bonds. The second-order valence-corrected chi connectivity index (χ2v) is 6.31. The van der Waals surface area contributed by atoms with Gasteiger partial charge in [-0.2, -0.15) is 0 Å². The number of aromatic nitrogens is 3. The number of likely N-dealkylation sites (tertiary alicyclic amines) is 1. The molecule has 21 heavy (non-hydrogen) atoms. The van der Waals surface area contributed by atoms with Crippen LogP contribution in [-0.4, -0.2) is 58.8 Å². The molecule has 2 aliphatic rings. The van der Waals surface area contributed by atoms with Crippen molar-refractivity contribution in [2.45, 2.75) is 57.3 Å². The molecule has 2 heterocycles. The Hall–Kier alpha value is -0.980. The molecule has 0 radical (unpaired) electrons. The molecule has 6 nitrogen and oxygen atoms in total. The van der Waals surface area contributed by atoms with E-state index in [4.69, 9.17) is 4.74 Å². The molecule has 0 bridgehead atoms. The van der Waals surface area contributed by atoms with E-state index in [0.29, 0.717) is 6.04 Å². The predicted molar refractivity (Wildman–Crippen MR) is 81.0 cm³/mol. The van der Waals surface area contributed by atoms with Crippen LogP contribution >= 0.6 is 0 Å². The molecule has 0 aromatic carbocycles. The molecule has 118 valence electrons. The molecule has 1 saturated carbocycles. The van der Waals surface area contributed by atoms with E-state index < -0.39 is 0 Å². The summed E-state index contributed by atoms with van der Waals surface area (Å²) in [4.78, 5) is 2.44. The van der Waals surface area contributed by atoms with Gasteiger partial charge < -0.3 is 15.0 Å². The summed E-state index contributed by atoms with van der Waals surface area (Å²) in [6.07, 6.45) is 8.42. The van der Waals surface area contributed by atoms with Gasteiger partial charge in [-0.15, -0.1) is 5.10 Å². The molecule has 1 aliphatic heterocycles. The molecule has 1 aliphatic carbocycles. The van der Waals surface area contributed by atoms with Gasteiger partial charge >= 0.3 is 0 Å². The van der Waals surface area contributed by atoms with Gasteiger partial charge in [-0.05, 0) is 45.7 Å². The fourth-order valence-electron chi connectivity index (χ4n) is 2.89. The van der Waals surface area contributed by atoms with Crippen molar-refractivity contribution in [1.29, 1.82) is 0 Å². The van der Waals surface area contributed by atoms with Gasteiger partial charge in [0.1, 0.15) is 0 Å². The van der Waals surface area contributed by atoms with Crippen LogP contribution in [0.15, 0.2) is 6.20 Å². The van der Waals surface area contributed by atoms with E-state index >= 15 is 0 Å². The Morgan fingerprint density at radius 3 is 3.00 bits per heavy atom. The number of nitrogens with zero attached hydrogens (tertiary/aromatic N) is 4. The first-order valence-electron chi connectivity index (χ1n) is 8.21. The Balaban J connectivity index is 1.26. The molecule has 1 aromatic rings. The van der Waals surface area contributed by atoms with Crippen LogP contribution in [0.5, 0.6) is 0 Å². The Bertz CT molecular complexity index is 431. The zero-order valence-electron chi connectivity index (χ0n) is 13.0. The SMILES string of the molecule is CN1CCCC1CCOCCn1cc(CNC2CC2)nn1. The van der Waals surface area contributed by atoms with E-state index in [-0.39, 0.29) is 0 Å². The highest BCUT2D eigenvalue weighted by molar-refractivity contribution is 4.94. The van der Waals surface area contributed by atoms with Crippen molar-refractivity contribution in [3.63, 3.8) is 0 Å². The Morgan fingerprint density at radius 1 is 1.33 bits per heavy atom. The summed E-state index contributed by atoms with van der Waals surface area (Å²) in [6, 6.07) is 1.43. The summed E-state index contributed by atoms with van der Waals surface area (Å²) in [5, 5.41) is 11.8. The largest absolute Gasteiger partial charge is 0.379 e. The minimum absolute atomic E-state index is 0.715. The molecule has 1 unspecified atom stereocenters. The van der Waals surface area contributed by atoms with Gasteiger partial charge in [0.15, 0.2) is 0 Å². The second-order valence-electron chi connectivity index (χ2n) is 6.31. The minimum atomic E-state index is 0.715. The van der Waals surface area contributed by atoms with Crippen molar-refractivity contribution in [2.75, 3.05) is 26.8 Å². The molecule has 6 heteroatoms. The molecule has 2 fully saturated rings. The van der Waals surface area contributed by atoms with E-state index in [1.165, 1.54) is 32.2 Å². The lowest BCUT2D eigenvalue weighted by Gasteiger charge is -2.18. The van der Waals surface area contributed by atoms with Crippen LogP contribution in [-0.2, 0) is 17.8 Å². The van der Waals surface area contributed by atoms with Crippen LogP contribution in [0, 0.1) is 0 Å². The highest BCUT2D eigenvalue weighted by Gasteiger charge is 2.21. The summed E-state index contributed by atoms with van der Waals surface area (Å²) in [6.45, 7) is 4.42. The number of hydrogen-bond acceptors (Lipinski definition) is 5. The van der Waals surface area contributed by atoms with Gasteiger partial charge in [-0.25, -0.2) is 4.68 Å².